The van der Waals surface area contributed by atoms with Gasteiger partial charge in [-0.2, -0.15) is 0 Å². The van der Waals surface area contributed by atoms with Crippen LogP contribution in [-0.4, -0.2) is 146 Å². The molecule has 0 aliphatic heterocycles. The molecule has 0 amide bonds. The van der Waals surface area contributed by atoms with Crippen LogP contribution in [0.5, 0.6) is 57.5 Å². The molecule has 0 unspecified atom stereocenters. The molecule has 10 rings (SSSR count). The Morgan fingerprint density at radius 3 is 0.946 bits per heavy atom. The minimum absolute atomic E-state index is 0.00953. The summed E-state index contributed by atoms with van der Waals surface area (Å²) < 4.78 is 101. The van der Waals surface area contributed by atoms with Crippen LogP contribution in [0, 0.1) is 20.2 Å². The highest BCUT2D eigenvalue weighted by atomic mass is 16.6. The lowest BCUT2D eigenvalue weighted by Gasteiger charge is -2.08. The standard InChI is InChI=1S/2C12H11NO7.2C12H13NO5.C12H12O5/c1-17-8-5-7(13(15)16)10(18-2)6-4-9(12(14)19-3)20-11(6)8;1-17-8-5-7(13(15)16)11(18-2)10-6(8)4-9(20-10)12(14)19-3;1-15-8-5-7(13)10(16-2)6-4-9(12(14)17-3)18-11(6)8;1-15-8-5-7(13)11(16-2)10-6(8)4-9(18-10)12(14)17-3;1-14-8-4-5-9(15-2)11-7(8)6-10(17-11)12(13)16-3/h2*4-5H,1-3H3;2*4-5H,13H2,1-3H3;4-6H,1-3H3. The van der Waals surface area contributed by atoms with E-state index >= 15 is 0 Å². The molecular formula is C60H60N4O29. The maximum atomic E-state index is 11.5. The minimum Gasteiger partial charge on any atom is -0.496 e. The van der Waals surface area contributed by atoms with Gasteiger partial charge in [0.1, 0.15) is 17.2 Å². The number of rotatable bonds is 17. The Kier molecular flexibility index (Phi) is 23.0. The van der Waals surface area contributed by atoms with Gasteiger partial charge in [0.05, 0.1) is 167 Å². The molecule has 0 fully saturated rings. The molecule has 0 atom stereocenters. The number of carbonyl (C=O) groups excluding carboxylic acids is 5. The second-order valence-corrected chi connectivity index (χ2v) is 17.9. The van der Waals surface area contributed by atoms with Crippen LogP contribution in [0.15, 0.2) is 88.8 Å². The molecule has 10 aromatic rings. The number of ether oxygens (including phenoxy) is 15. The number of nitro groups is 2. The van der Waals surface area contributed by atoms with Gasteiger partial charge in [-0.25, -0.2) is 24.0 Å². The van der Waals surface area contributed by atoms with Crippen LogP contribution in [0.2, 0.25) is 0 Å². The highest BCUT2D eigenvalue weighted by Gasteiger charge is 2.30. The van der Waals surface area contributed by atoms with Crippen LogP contribution in [0.1, 0.15) is 52.8 Å². The van der Waals surface area contributed by atoms with Crippen molar-refractivity contribution < 1.29 is 127 Å². The van der Waals surface area contributed by atoms with Crippen molar-refractivity contribution in [2.24, 2.45) is 0 Å². The number of nitrogens with two attached hydrogens (primary N) is 2. The Morgan fingerprint density at radius 2 is 0.581 bits per heavy atom. The van der Waals surface area contributed by atoms with Crippen LogP contribution in [0.4, 0.5) is 22.7 Å². The maximum absolute atomic E-state index is 11.5. The summed E-state index contributed by atoms with van der Waals surface area (Å²) in [6, 6.07) is 16.3. The molecule has 33 nitrogen and oxygen atoms in total. The third-order valence-corrected chi connectivity index (χ3v) is 13.0. The van der Waals surface area contributed by atoms with E-state index in [1.54, 1.807) is 37.4 Å². The van der Waals surface area contributed by atoms with Gasteiger partial charge in [-0.3, -0.25) is 20.2 Å². The molecule has 33 heteroatoms. The summed E-state index contributed by atoms with van der Waals surface area (Å²) in [6.45, 7) is 0. The highest BCUT2D eigenvalue weighted by Crippen LogP contribution is 2.46. The average Bonchev–Trinajstić information content (AvgIpc) is 1.72. The smallest absolute Gasteiger partial charge is 0.373 e. The summed E-state index contributed by atoms with van der Waals surface area (Å²) in [5.41, 5.74) is 13.3. The largest absolute Gasteiger partial charge is 0.496 e. The van der Waals surface area contributed by atoms with Crippen LogP contribution >= 0.6 is 0 Å². The Bertz CT molecular complexity index is 4160. The van der Waals surface area contributed by atoms with Crippen molar-refractivity contribution in [2.45, 2.75) is 0 Å². The third-order valence-electron chi connectivity index (χ3n) is 13.0. The number of carbonyl (C=O) groups is 5. The first-order valence-corrected chi connectivity index (χ1v) is 26.1. The number of esters is 5. The Morgan fingerprint density at radius 1 is 0.312 bits per heavy atom. The first-order valence-electron chi connectivity index (χ1n) is 26.1. The van der Waals surface area contributed by atoms with Crippen molar-refractivity contribution in [3.05, 3.63) is 116 Å². The maximum Gasteiger partial charge on any atom is 0.373 e. The van der Waals surface area contributed by atoms with Crippen molar-refractivity contribution in [2.75, 3.05) is 118 Å². The molecule has 494 valence electrons. The zero-order valence-electron chi connectivity index (χ0n) is 52.2. The number of hydrogen-bond donors (Lipinski definition) is 2. The SMILES string of the molecule is COC(=O)c1cc2c(OC)c(N)cc(OC)c2o1.COC(=O)c1cc2c(OC)c([N+](=O)[O-])cc(OC)c2o1.COC(=O)c1cc2c(OC)cc(N)c(OC)c2o1.COC(=O)c1cc2c(OC)cc([N+](=O)[O-])c(OC)c2o1.COC(=O)c1cc2c(OC)ccc(OC)c2o1. The van der Waals surface area contributed by atoms with Gasteiger partial charge in [-0.05, 0) is 12.1 Å². The van der Waals surface area contributed by atoms with E-state index in [0.29, 0.717) is 84.2 Å². The van der Waals surface area contributed by atoms with Crippen molar-refractivity contribution in [1.82, 2.24) is 0 Å². The first kappa shape index (κ1) is 69.6. The topological polar surface area (TPSA) is 428 Å². The van der Waals surface area contributed by atoms with Crippen LogP contribution in [0.25, 0.3) is 54.8 Å². The summed E-state index contributed by atoms with van der Waals surface area (Å²) in [4.78, 5) is 78.0. The molecular weight excluding hydrogens is 1240 g/mol. The lowest BCUT2D eigenvalue weighted by molar-refractivity contribution is -0.385. The Hall–Kier alpha value is -12.5. The zero-order valence-corrected chi connectivity index (χ0v) is 52.2. The second-order valence-electron chi connectivity index (χ2n) is 17.9. The van der Waals surface area contributed by atoms with E-state index in [4.69, 9.17) is 80.9 Å². The summed E-state index contributed by atoms with van der Waals surface area (Å²) in [5.74, 6) is 0.0737. The van der Waals surface area contributed by atoms with E-state index in [0.717, 1.165) is 0 Å². The molecule has 0 spiro atoms. The first-order chi connectivity index (χ1) is 44.5. The summed E-state index contributed by atoms with van der Waals surface area (Å²) in [6.07, 6.45) is 0. The summed E-state index contributed by atoms with van der Waals surface area (Å²) >= 11 is 0. The molecule has 0 radical (unpaired) electrons. The number of nitrogen functional groups attached to an aromatic ring is 2. The normalized spacial score (nSPS) is 10.4. The van der Waals surface area contributed by atoms with Gasteiger partial charge < -0.3 is 105 Å². The lowest BCUT2D eigenvalue weighted by atomic mass is 10.2. The number of nitro benzene ring substituents is 2. The second kappa shape index (κ2) is 30.6. The number of fused-ring (bicyclic) bond motifs is 5. The lowest BCUT2D eigenvalue weighted by Crippen LogP contribution is -1.98. The van der Waals surface area contributed by atoms with Gasteiger partial charge in [0, 0.05) is 42.5 Å². The predicted molar refractivity (Wildman–Crippen MR) is 325 cm³/mol. The number of furan rings is 5. The number of nitrogens with zero attached hydrogens (tertiary/aromatic N) is 2. The highest BCUT2D eigenvalue weighted by molar-refractivity contribution is 6.03. The average molecular weight is 1300 g/mol. The molecule has 93 heavy (non-hydrogen) atoms. The van der Waals surface area contributed by atoms with E-state index in [1.165, 1.54) is 136 Å². The third kappa shape index (κ3) is 14.4. The number of benzene rings is 5. The monoisotopic (exact) mass is 1300 g/mol. The van der Waals surface area contributed by atoms with Crippen LogP contribution < -0.4 is 58.8 Å². The van der Waals surface area contributed by atoms with Gasteiger partial charge in [-0.1, -0.05) is 0 Å². The van der Waals surface area contributed by atoms with Gasteiger partial charge >= 0.3 is 41.2 Å². The summed E-state index contributed by atoms with van der Waals surface area (Å²) in [7, 11) is 20.5. The number of methoxy groups -OCH3 is 15. The fourth-order valence-corrected chi connectivity index (χ4v) is 8.77. The van der Waals surface area contributed by atoms with Crippen molar-refractivity contribution in [1.29, 1.82) is 0 Å². The summed E-state index contributed by atoms with van der Waals surface area (Å²) in [5, 5.41) is 24.5. The Labute approximate surface area is 524 Å². The molecule has 5 aromatic carbocycles. The molecule has 0 aliphatic rings. The number of anilines is 2. The van der Waals surface area contributed by atoms with E-state index in [-0.39, 0.29) is 79.7 Å². The van der Waals surface area contributed by atoms with Crippen LogP contribution in [0.3, 0.4) is 0 Å². The fourth-order valence-electron chi connectivity index (χ4n) is 8.77. The molecule has 5 aromatic heterocycles. The molecule has 0 aliphatic carbocycles. The predicted octanol–water partition coefficient (Wildman–Crippen LogP) is 10.2. The van der Waals surface area contributed by atoms with E-state index < -0.39 is 39.7 Å². The minimum atomic E-state index is -0.701. The fraction of sp³-hybridized carbons (Fsp3) is 0.250. The van der Waals surface area contributed by atoms with Crippen LogP contribution in [-0.2, 0) is 23.7 Å². The van der Waals surface area contributed by atoms with Gasteiger partial charge in [0.2, 0.25) is 40.3 Å². The van der Waals surface area contributed by atoms with Crippen molar-refractivity contribution >= 4 is 107 Å². The molecule has 0 saturated carbocycles. The van der Waals surface area contributed by atoms with Gasteiger partial charge in [-0.15, -0.1) is 0 Å². The van der Waals surface area contributed by atoms with E-state index in [9.17, 15) is 44.2 Å². The van der Waals surface area contributed by atoms with Crippen molar-refractivity contribution in [3.8, 4) is 57.5 Å². The van der Waals surface area contributed by atoms with E-state index in [1.807, 2.05) is 0 Å². The van der Waals surface area contributed by atoms with E-state index in [2.05, 4.69) is 23.7 Å². The quantitative estimate of drug-likeness (QED) is 0.0281. The van der Waals surface area contributed by atoms with Crippen molar-refractivity contribution in [3.63, 3.8) is 0 Å². The Balaban J connectivity index is 0.000000185. The molecule has 0 bridgehead atoms. The van der Waals surface area contributed by atoms with Gasteiger partial charge in [0.15, 0.2) is 56.7 Å². The van der Waals surface area contributed by atoms with Gasteiger partial charge in [0.25, 0.3) is 0 Å². The molecule has 5 heterocycles. The molecule has 4 N–H and O–H groups in total. The number of hydrogen-bond acceptors (Lipinski definition) is 31. The molecule has 0 saturated heterocycles. The zero-order chi connectivity index (χ0) is 68.7.